The Balaban J connectivity index is 1.45. The number of carbonyl (C=O) groups is 1. The van der Waals surface area contributed by atoms with Gasteiger partial charge in [-0.2, -0.15) is 0 Å². The number of amides is 1. The monoisotopic (exact) mass is 336 g/mol. The molecule has 0 saturated carbocycles. The Hall–Kier alpha value is -2.31. The summed E-state index contributed by atoms with van der Waals surface area (Å²) in [6.45, 7) is 1.48. The number of rotatable bonds is 3. The van der Waals surface area contributed by atoms with Crippen molar-refractivity contribution >= 4 is 14.1 Å². The predicted octanol–water partition coefficient (Wildman–Crippen LogP) is 1.12. The Labute approximate surface area is 148 Å². The normalized spacial score (nSPS) is 22.4. The zero-order valence-electron chi connectivity index (χ0n) is 14.2. The third-order valence-electron chi connectivity index (χ3n) is 5.12. The summed E-state index contributed by atoms with van der Waals surface area (Å²) in [6.07, 6.45) is -1.02. The van der Waals surface area contributed by atoms with Gasteiger partial charge in [0.15, 0.2) is 7.98 Å². The summed E-state index contributed by atoms with van der Waals surface area (Å²) < 4.78 is 5.51. The first kappa shape index (κ1) is 16.2. The number of ether oxygens (including phenoxy) is 1. The zero-order chi connectivity index (χ0) is 17.4. The molecule has 4 rings (SSSR count). The van der Waals surface area contributed by atoms with Crippen LogP contribution >= 0.6 is 0 Å². The fourth-order valence-corrected chi connectivity index (χ4v) is 3.91. The topological polar surface area (TPSA) is 61.8 Å². The van der Waals surface area contributed by atoms with Gasteiger partial charge in [-0.1, -0.05) is 48.5 Å². The summed E-state index contributed by atoms with van der Waals surface area (Å²) in [5.74, 6) is 0.0503. The van der Waals surface area contributed by atoms with Crippen LogP contribution in [-0.2, 0) is 4.74 Å². The highest BCUT2D eigenvalue weighted by atomic mass is 16.5. The summed E-state index contributed by atoms with van der Waals surface area (Å²) in [4.78, 5) is 14.2. The number of hydrogen-bond donors (Lipinski definition) is 2. The Morgan fingerprint density at radius 1 is 1.12 bits per heavy atom. The maximum atomic E-state index is 12.2. The fourth-order valence-electron chi connectivity index (χ4n) is 3.91. The van der Waals surface area contributed by atoms with Crippen molar-refractivity contribution in [2.75, 3.05) is 19.7 Å². The molecule has 6 heteroatoms. The number of aliphatic hydroxyl groups is 1. The minimum Gasteiger partial charge on any atom is -0.449 e. The van der Waals surface area contributed by atoms with Gasteiger partial charge in [-0.25, -0.2) is 4.79 Å². The van der Waals surface area contributed by atoms with Crippen LogP contribution in [0.3, 0.4) is 0 Å². The average Bonchev–Trinajstić information content (AvgIpc) is 3.10. The van der Waals surface area contributed by atoms with Gasteiger partial charge in [0.05, 0.1) is 12.1 Å². The maximum absolute atomic E-state index is 12.2. The van der Waals surface area contributed by atoms with Crippen molar-refractivity contribution in [1.29, 1.82) is 0 Å². The highest BCUT2D eigenvalue weighted by molar-refractivity contribution is 6.04. The van der Waals surface area contributed by atoms with Crippen molar-refractivity contribution in [3.8, 4) is 11.1 Å². The molecule has 5 nitrogen and oxygen atoms in total. The van der Waals surface area contributed by atoms with Crippen LogP contribution in [0.4, 0.5) is 4.79 Å². The molecule has 0 bridgehead atoms. The smallest absolute Gasteiger partial charge is 0.407 e. The molecule has 1 saturated heterocycles. The number of nitrogens with one attached hydrogen (secondary N) is 1. The Kier molecular flexibility index (Phi) is 4.23. The van der Waals surface area contributed by atoms with Crippen LogP contribution in [0.5, 0.6) is 0 Å². The molecule has 2 aromatic rings. The van der Waals surface area contributed by atoms with Crippen LogP contribution in [-0.4, -0.2) is 55.8 Å². The van der Waals surface area contributed by atoms with Gasteiger partial charge in [-0.3, -0.25) is 0 Å². The second-order valence-electron chi connectivity index (χ2n) is 6.86. The van der Waals surface area contributed by atoms with Crippen molar-refractivity contribution in [3.05, 3.63) is 59.7 Å². The Morgan fingerprint density at radius 3 is 2.28 bits per heavy atom. The number of hydrogen-bond acceptors (Lipinski definition) is 4. The molecule has 1 amide bonds. The Bertz CT molecular complexity index is 752. The van der Waals surface area contributed by atoms with Crippen LogP contribution in [0.15, 0.2) is 48.5 Å². The first-order valence-electron chi connectivity index (χ1n) is 8.61. The molecule has 2 aliphatic rings. The lowest BCUT2D eigenvalue weighted by Crippen LogP contribution is -2.43. The number of alkyl carbamates (subject to hydrolysis) is 1. The summed E-state index contributed by atoms with van der Waals surface area (Å²) in [6, 6.07) is 16.2. The van der Waals surface area contributed by atoms with Crippen molar-refractivity contribution in [1.82, 2.24) is 10.1 Å². The van der Waals surface area contributed by atoms with Gasteiger partial charge in [-0.05, 0) is 22.3 Å². The quantitative estimate of drug-likeness (QED) is 0.825. The van der Waals surface area contributed by atoms with E-state index in [1.165, 1.54) is 22.3 Å². The maximum Gasteiger partial charge on any atom is 0.407 e. The van der Waals surface area contributed by atoms with Gasteiger partial charge in [-0.15, -0.1) is 0 Å². The third-order valence-corrected chi connectivity index (χ3v) is 5.12. The van der Waals surface area contributed by atoms with E-state index >= 15 is 0 Å². The molecule has 0 unspecified atom stereocenters. The van der Waals surface area contributed by atoms with E-state index in [1.54, 1.807) is 0 Å². The molecule has 2 atom stereocenters. The van der Waals surface area contributed by atoms with Gasteiger partial charge in [0.1, 0.15) is 6.61 Å². The van der Waals surface area contributed by atoms with Gasteiger partial charge in [0, 0.05) is 19.0 Å². The van der Waals surface area contributed by atoms with E-state index in [1.807, 2.05) is 37.1 Å². The molecule has 0 spiro atoms. The SMILES string of the molecule is BN1C[C@@H](O)[C@H](NC(=O)OCC2c3ccccc3-c3ccccc32)C1. The van der Waals surface area contributed by atoms with Crippen molar-refractivity contribution in [3.63, 3.8) is 0 Å². The van der Waals surface area contributed by atoms with E-state index in [4.69, 9.17) is 4.74 Å². The lowest BCUT2D eigenvalue weighted by atomic mass is 9.98. The number of nitrogens with zero attached hydrogens (tertiary/aromatic N) is 1. The largest absolute Gasteiger partial charge is 0.449 e. The van der Waals surface area contributed by atoms with Gasteiger partial charge >= 0.3 is 6.09 Å². The lowest BCUT2D eigenvalue weighted by Gasteiger charge is -2.18. The standard InChI is InChI=1S/C19H21BN2O3/c20-22-9-17(18(23)10-22)21-19(24)25-11-16-14-7-3-1-5-12(14)13-6-2-4-8-15(13)16/h1-8,16-18,23H,9-11,20H2,(H,21,24)/t17-,18-/m1/s1. The zero-order valence-corrected chi connectivity index (χ0v) is 14.2. The molecular weight excluding hydrogens is 315 g/mol. The molecule has 1 fully saturated rings. The molecule has 1 aliphatic heterocycles. The van der Waals surface area contributed by atoms with Gasteiger partial charge in [0.25, 0.3) is 0 Å². The second-order valence-corrected chi connectivity index (χ2v) is 6.86. The van der Waals surface area contributed by atoms with Crippen molar-refractivity contribution in [2.45, 2.75) is 18.1 Å². The van der Waals surface area contributed by atoms with Crippen LogP contribution in [0, 0.1) is 0 Å². The van der Waals surface area contributed by atoms with Crippen LogP contribution < -0.4 is 5.32 Å². The molecule has 0 aromatic heterocycles. The summed E-state index contributed by atoms with van der Waals surface area (Å²) in [7, 11) is 1.92. The molecule has 128 valence electrons. The highest BCUT2D eigenvalue weighted by Crippen LogP contribution is 2.44. The molecular formula is C19H21BN2O3. The summed E-state index contributed by atoms with van der Waals surface area (Å²) >= 11 is 0. The number of benzene rings is 2. The van der Waals surface area contributed by atoms with E-state index in [-0.39, 0.29) is 12.0 Å². The number of fused-ring (bicyclic) bond motifs is 3. The number of carbonyl (C=O) groups excluding carboxylic acids is 1. The van der Waals surface area contributed by atoms with E-state index in [0.717, 1.165) is 0 Å². The molecule has 25 heavy (non-hydrogen) atoms. The highest BCUT2D eigenvalue weighted by Gasteiger charge is 2.32. The first-order valence-corrected chi connectivity index (χ1v) is 8.61. The average molecular weight is 336 g/mol. The molecule has 0 radical (unpaired) electrons. The van der Waals surface area contributed by atoms with Crippen LogP contribution in [0.25, 0.3) is 11.1 Å². The van der Waals surface area contributed by atoms with E-state index < -0.39 is 12.2 Å². The fraction of sp³-hybridized carbons (Fsp3) is 0.316. The predicted molar refractivity (Wildman–Crippen MR) is 98.1 cm³/mol. The molecule has 1 heterocycles. The molecule has 1 aliphatic carbocycles. The lowest BCUT2D eigenvalue weighted by molar-refractivity contribution is 0.120. The van der Waals surface area contributed by atoms with E-state index in [9.17, 15) is 9.90 Å². The summed E-state index contributed by atoms with van der Waals surface area (Å²) in [5, 5.41) is 12.7. The van der Waals surface area contributed by atoms with Crippen LogP contribution in [0.1, 0.15) is 17.0 Å². The number of aliphatic hydroxyl groups excluding tert-OH is 1. The van der Waals surface area contributed by atoms with Crippen LogP contribution in [0.2, 0.25) is 0 Å². The molecule has 2 N–H and O–H groups in total. The Morgan fingerprint density at radius 2 is 1.72 bits per heavy atom. The van der Waals surface area contributed by atoms with Crippen molar-refractivity contribution < 1.29 is 14.6 Å². The van der Waals surface area contributed by atoms with E-state index in [2.05, 4.69) is 29.6 Å². The minimum atomic E-state index is -0.550. The minimum absolute atomic E-state index is 0.0503. The van der Waals surface area contributed by atoms with Crippen molar-refractivity contribution in [2.24, 2.45) is 0 Å². The number of β-amino-alcohol motifs (C(OH)–C–C–N with tert-alkyl or cyclic N) is 1. The van der Waals surface area contributed by atoms with Gasteiger partial charge < -0.3 is 20.0 Å². The molecule has 2 aromatic carbocycles. The van der Waals surface area contributed by atoms with E-state index in [0.29, 0.717) is 19.7 Å². The first-order chi connectivity index (χ1) is 12.1. The summed E-state index contributed by atoms with van der Waals surface area (Å²) in [5.41, 5.74) is 4.80. The second kappa shape index (κ2) is 6.54. The van der Waals surface area contributed by atoms with Gasteiger partial charge in [0.2, 0.25) is 0 Å². The third kappa shape index (κ3) is 3.03.